The number of nitrogens with one attached hydrogen (secondary N) is 1. The first-order chi connectivity index (χ1) is 12.7. The molecule has 1 aliphatic heterocycles. The van der Waals surface area contributed by atoms with Crippen LogP contribution in [0.4, 0.5) is 0 Å². The second-order valence-electron chi connectivity index (χ2n) is 6.12. The van der Waals surface area contributed by atoms with Crippen molar-refractivity contribution < 1.29 is 9.53 Å². The van der Waals surface area contributed by atoms with E-state index in [1.165, 1.54) is 17.3 Å². The van der Waals surface area contributed by atoms with E-state index >= 15 is 0 Å². The van der Waals surface area contributed by atoms with Crippen molar-refractivity contribution in [1.82, 2.24) is 30.4 Å². The number of hydrogen-bond donors (Lipinski definition) is 1. The van der Waals surface area contributed by atoms with Gasteiger partial charge in [-0.05, 0) is 21.6 Å². The van der Waals surface area contributed by atoms with Crippen molar-refractivity contribution in [2.75, 3.05) is 32.1 Å². The Hall–Kier alpha value is -1.97. The number of amides is 1. The molecule has 1 saturated heterocycles. The number of carbonyl (C=O) groups is 1. The summed E-state index contributed by atoms with van der Waals surface area (Å²) < 4.78 is 7.01. The van der Waals surface area contributed by atoms with Crippen LogP contribution >= 0.6 is 11.8 Å². The lowest BCUT2D eigenvalue weighted by atomic mass is 10.1. The molecule has 0 bridgehead atoms. The Labute approximate surface area is 157 Å². The number of thioether (sulfide) groups is 1. The normalized spacial score (nSPS) is 15.1. The van der Waals surface area contributed by atoms with E-state index in [0.717, 1.165) is 38.4 Å². The van der Waals surface area contributed by atoms with Gasteiger partial charge >= 0.3 is 0 Å². The minimum absolute atomic E-state index is 0.0359. The van der Waals surface area contributed by atoms with E-state index in [1.54, 1.807) is 11.7 Å². The van der Waals surface area contributed by atoms with Crippen molar-refractivity contribution in [3.05, 3.63) is 35.4 Å². The van der Waals surface area contributed by atoms with Gasteiger partial charge in [0.1, 0.15) is 0 Å². The van der Waals surface area contributed by atoms with Crippen LogP contribution in [0.2, 0.25) is 0 Å². The Morgan fingerprint density at radius 1 is 1.27 bits per heavy atom. The van der Waals surface area contributed by atoms with Crippen molar-refractivity contribution in [2.24, 2.45) is 7.05 Å². The SMILES string of the molecule is Cn1nnnc1SCCC(=O)NCc1ccccc1CN1CCOCC1. The summed E-state index contributed by atoms with van der Waals surface area (Å²) in [7, 11) is 1.79. The van der Waals surface area contributed by atoms with E-state index in [2.05, 4.69) is 37.9 Å². The molecule has 1 N–H and O–H groups in total. The van der Waals surface area contributed by atoms with Crippen LogP contribution in [-0.2, 0) is 29.7 Å². The number of benzene rings is 1. The summed E-state index contributed by atoms with van der Waals surface area (Å²) >= 11 is 1.48. The minimum Gasteiger partial charge on any atom is -0.379 e. The molecule has 0 spiro atoms. The summed E-state index contributed by atoms with van der Waals surface area (Å²) in [6.45, 7) is 4.93. The van der Waals surface area contributed by atoms with Gasteiger partial charge in [-0.25, -0.2) is 4.68 Å². The van der Waals surface area contributed by atoms with Gasteiger partial charge in [0.25, 0.3) is 0 Å². The first kappa shape index (κ1) is 18.8. The smallest absolute Gasteiger partial charge is 0.221 e. The van der Waals surface area contributed by atoms with Gasteiger partial charge in [0.2, 0.25) is 11.1 Å². The summed E-state index contributed by atoms with van der Waals surface area (Å²) in [6.07, 6.45) is 0.434. The molecule has 1 aromatic carbocycles. The fraction of sp³-hybridized carbons (Fsp3) is 0.529. The molecule has 1 amide bonds. The molecule has 0 aliphatic carbocycles. The van der Waals surface area contributed by atoms with Crippen molar-refractivity contribution in [3.8, 4) is 0 Å². The highest BCUT2D eigenvalue weighted by Crippen LogP contribution is 2.14. The van der Waals surface area contributed by atoms with Gasteiger partial charge < -0.3 is 10.1 Å². The van der Waals surface area contributed by atoms with Crippen molar-refractivity contribution in [3.63, 3.8) is 0 Å². The monoisotopic (exact) mass is 376 g/mol. The number of tetrazole rings is 1. The van der Waals surface area contributed by atoms with Gasteiger partial charge in [0.15, 0.2) is 0 Å². The van der Waals surface area contributed by atoms with Crippen LogP contribution in [-0.4, -0.2) is 63.1 Å². The van der Waals surface area contributed by atoms with Crippen LogP contribution in [0, 0.1) is 0 Å². The molecule has 8 nitrogen and oxygen atoms in total. The molecule has 0 atom stereocenters. The Morgan fingerprint density at radius 3 is 2.77 bits per heavy atom. The minimum atomic E-state index is 0.0359. The molecule has 0 unspecified atom stereocenters. The predicted molar refractivity (Wildman–Crippen MR) is 98.5 cm³/mol. The van der Waals surface area contributed by atoms with Crippen LogP contribution in [0.5, 0.6) is 0 Å². The molecular formula is C17H24N6O2S. The van der Waals surface area contributed by atoms with Gasteiger partial charge in [0, 0.05) is 45.4 Å². The summed E-state index contributed by atoms with van der Waals surface area (Å²) in [6, 6.07) is 8.28. The molecule has 2 aromatic rings. The number of carbonyl (C=O) groups excluding carboxylic acids is 1. The highest BCUT2D eigenvalue weighted by molar-refractivity contribution is 7.99. The third kappa shape index (κ3) is 5.52. The molecule has 26 heavy (non-hydrogen) atoms. The van der Waals surface area contributed by atoms with Crippen LogP contribution < -0.4 is 5.32 Å². The van der Waals surface area contributed by atoms with Crippen molar-refractivity contribution in [1.29, 1.82) is 0 Å². The highest BCUT2D eigenvalue weighted by atomic mass is 32.2. The second-order valence-corrected chi connectivity index (χ2v) is 7.18. The first-order valence-electron chi connectivity index (χ1n) is 8.71. The Kier molecular flexibility index (Phi) is 6.98. The van der Waals surface area contributed by atoms with Gasteiger partial charge in [0.05, 0.1) is 13.2 Å². The lowest BCUT2D eigenvalue weighted by molar-refractivity contribution is -0.120. The zero-order chi connectivity index (χ0) is 18.2. The number of rotatable bonds is 8. The van der Waals surface area contributed by atoms with E-state index in [0.29, 0.717) is 23.9 Å². The summed E-state index contributed by atoms with van der Waals surface area (Å²) in [5.74, 6) is 0.684. The molecule has 1 aromatic heterocycles. The van der Waals surface area contributed by atoms with Crippen LogP contribution in [0.25, 0.3) is 0 Å². The maximum Gasteiger partial charge on any atom is 0.221 e. The Morgan fingerprint density at radius 2 is 2.04 bits per heavy atom. The quantitative estimate of drug-likeness (QED) is 0.683. The molecule has 3 rings (SSSR count). The van der Waals surface area contributed by atoms with Gasteiger partial charge in [-0.2, -0.15) is 0 Å². The van der Waals surface area contributed by atoms with Gasteiger partial charge in [-0.3, -0.25) is 9.69 Å². The van der Waals surface area contributed by atoms with Crippen LogP contribution in [0.1, 0.15) is 17.5 Å². The van der Waals surface area contributed by atoms with Crippen molar-refractivity contribution in [2.45, 2.75) is 24.7 Å². The van der Waals surface area contributed by atoms with Gasteiger partial charge in [-0.1, -0.05) is 36.0 Å². The number of ether oxygens (including phenoxy) is 1. The zero-order valence-corrected chi connectivity index (χ0v) is 15.7. The fourth-order valence-electron chi connectivity index (χ4n) is 2.75. The van der Waals surface area contributed by atoms with Crippen LogP contribution in [0.3, 0.4) is 0 Å². The van der Waals surface area contributed by atoms with Gasteiger partial charge in [-0.15, -0.1) is 5.10 Å². The molecule has 140 valence electrons. The third-order valence-corrected chi connectivity index (χ3v) is 5.25. The predicted octanol–water partition coefficient (Wildman–Crippen LogP) is 0.841. The molecule has 9 heteroatoms. The molecule has 0 radical (unpaired) electrons. The summed E-state index contributed by atoms with van der Waals surface area (Å²) in [4.78, 5) is 14.5. The van der Waals surface area contributed by atoms with E-state index < -0.39 is 0 Å². The lowest BCUT2D eigenvalue weighted by Gasteiger charge is -2.27. The maximum atomic E-state index is 12.1. The number of hydrogen-bond acceptors (Lipinski definition) is 7. The third-order valence-electron chi connectivity index (χ3n) is 4.23. The van der Waals surface area contributed by atoms with E-state index in [1.807, 2.05) is 12.1 Å². The lowest BCUT2D eigenvalue weighted by Crippen LogP contribution is -2.36. The first-order valence-corrected chi connectivity index (χ1v) is 9.69. The molecule has 1 aliphatic rings. The molecule has 2 heterocycles. The van der Waals surface area contributed by atoms with Crippen LogP contribution in [0.15, 0.2) is 29.4 Å². The average molecular weight is 376 g/mol. The molecular weight excluding hydrogens is 352 g/mol. The molecule has 1 fully saturated rings. The van der Waals surface area contributed by atoms with E-state index in [4.69, 9.17) is 4.74 Å². The summed E-state index contributed by atoms with van der Waals surface area (Å²) in [5.41, 5.74) is 2.42. The number of nitrogens with zero attached hydrogens (tertiary/aromatic N) is 5. The fourth-order valence-corrected chi connectivity index (χ4v) is 3.53. The topological polar surface area (TPSA) is 85.2 Å². The second kappa shape index (κ2) is 9.65. The Balaban J connectivity index is 1.44. The number of aromatic nitrogens is 4. The highest BCUT2D eigenvalue weighted by Gasteiger charge is 2.13. The van der Waals surface area contributed by atoms with E-state index in [9.17, 15) is 4.79 Å². The largest absolute Gasteiger partial charge is 0.379 e. The number of aryl methyl sites for hydroxylation is 1. The Bertz CT molecular complexity index is 717. The molecule has 0 saturated carbocycles. The standard InChI is InChI=1S/C17H24N6O2S/c1-22-17(19-20-21-22)26-11-6-16(24)18-12-14-4-2-3-5-15(14)13-23-7-9-25-10-8-23/h2-5H,6-13H2,1H3,(H,18,24). The van der Waals surface area contributed by atoms with E-state index in [-0.39, 0.29) is 5.91 Å². The zero-order valence-electron chi connectivity index (χ0n) is 14.9. The average Bonchev–Trinajstić information content (AvgIpc) is 3.07. The number of morpholine rings is 1. The summed E-state index contributed by atoms with van der Waals surface area (Å²) in [5, 5.41) is 15.0. The van der Waals surface area contributed by atoms with Crippen molar-refractivity contribution >= 4 is 17.7 Å². The maximum absolute atomic E-state index is 12.1.